The smallest absolute Gasteiger partial charge is 0.146 e. The van der Waals surface area contributed by atoms with Gasteiger partial charge in [-0.1, -0.05) is 41.4 Å². The zero-order chi connectivity index (χ0) is 13.1. The monoisotopic (exact) mass is 263 g/mol. The number of hydrogen-bond acceptors (Lipinski definition) is 1. The molecule has 3 heteroatoms. The number of benzene rings is 2. The first-order chi connectivity index (χ1) is 8.56. The average Bonchev–Trinajstić information content (AvgIpc) is 2.34. The van der Waals surface area contributed by atoms with Gasteiger partial charge < -0.3 is 5.32 Å². The van der Waals surface area contributed by atoms with Gasteiger partial charge in [-0.25, -0.2) is 4.39 Å². The first-order valence-electron chi connectivity index (χ1n) is 5.84. The molecule has 2 aromatic carbocycles. The molecule has 0 aliphatic carbocycles. The van der Waals surface area contributed by atoms with E-state index in [9.17, 15) is 4.39 Å². The van der Waals surface area contributed by atoms with E-state index in [1.807, 2.05) is 32.0 Å². The zero-order valence-electron chi connectivity index (χ0n) is 10.4. The highest BCUT2D eigenvalue weighted by Gasteiger charge is 2.09. The molecule has 94 valence electrons. The lowest BCUT2D eigenvalue weighted by atomic mass is 10.1. The van der Waals surface area contributed by atoms with Crippen molar-refractivity contribution in [3.8, 4) is 0 Å². The summed E-state index contributed by atoms with van der Waals surface area (Å²) in [6.45, 7) is 4.03. The van der Waals surface area contributed by atoms with Gasteiger partial charge in [-0.2, -0.15) is 0 Å². The molecule has 1 nitrogen and oxygen atoms in total. The predicted molar refractivity (Wildman–Crippen MR) is 74.6 cm³/mol. The van der Waals surface area contributed by atoms with Crippen LogP contribution in [-0.4, -0.2) is 0 Å². The number of aryl methyl sites for hydroxylation is 1. The summed E-state index contributed by atoms with van der Waals surface area (Å²) >= 11 is 5.86. The van der Waals surface area contributed by atoms with Gasteiger partial charge in [0.2, 0.25) is 0 Å². The molecule has 2 aromatic rings. The highest BCUT2D eigenvalue weighted by atomic mass is 35.5. The maximum Gasteiger partial charge on any atom is 0.146 e. The van der Waals surface area contributed by atoms with Crippen LogP contribution in [0.3, 0.4) is 0 Å². The van der Waals surface area contributed by atoms with E-state index in [2.05, 4.69) is 11.4 Å². The van der Waals surface area contributed by atoms with Crippen LogP contribution in [0.4, 0.5) is 10.1 Å². The molecule has 0 saturated heterocycles. The first kappa shape index (κ1) is 12.9. The van der Waals surface area contributed by atoms with Crippen LogP contribution >= 0.6 is 11.6 Å². The van der Waals surface area contributed by atoms with Gasteiger partial charge in [0, 0.05) is 11.1 Å². The lowest BCUT2D eigenvalue weighted by Crippen LogP contribution is -2.08. The zero-order valence-corrected chi connectivity index (χ0v) is 11.1. The number of hydrogen-bond donors (Lipinski definition) is 1. The van der Waals surface area contributed by atoms with Crippen molar-refractivity contribution in [2.45, 2.75) is 19.9 Å². The van der Waals surface area contributed by atoms with Crippen molar-refractivity contribution in [1.82, 2.24) is 0 Å². The minimum Gasteiger partial charge on any atom is -0.376 e. The molecule has 18 heavy (non-hydrogen) atoms. The van der Waals surface area contributed by atoms with Gasteiger partial charge in [-0.15, -0.1) is 0 Å². The van der Waals surface area contributed by atoms with Gasteiger partial charge >= 0.3 is 0 Å². The molecule has 0 spiro atoms. The highest BCUT2D eigenvalue weighted by Crippen LogP contribution is 2.24. The van der Waals surface area contributed by atoms with Crippen molar-refractivity contribution < 1.29 is 4.39 Å². The van der Waals surface area contributed by atoms with Crippen LogP contribution in [0.15, 0.2) is 42.5 Å². The second kappa shape index (κ2) is 5.40. The molecule has 0 heterocycles. The van der Waals surface area contributed by atoms with Gasteiger partial charge in [-0.3, -0.25) is 0 Å². The van der Waals surface area contributed by atoms with Crippen molar-refractivity contribution in [2.75, 3.05) is 5.32 Å². The summed E-state index contributed by atoms with van der Waals surface area (Å²) in [4.78, 5) is 0. The first-order valence-corrected chi connectivity index (χ1v) is 6.22. The summed E-state index contributed by atoms with van der Waals surface area (Å²) in [7, 11) is 0. The number of halogens is 2. The molecule has 0 amide bonds. The normalized spacial score (nSPS) is 12.2. The summed E-state index contributed by atoms with van der Waals surface area (Å²) in [5, 5.41) is 3.66. The Morgan fingerprint density at radius 3 is 2.67 bits per heavy atom. The van der Waals surface area contributed by atoms with Crippen LogP contribution in [0.1, 0.15) is 24.1 Å². The number of rotatable bonds is 3. The van der Waals surface area contributed by atoms with E-state index in [1.165, 1.54) is 11.6 Å². The van der Waals surface area contributed by atoms with Crippen molar-refractivity contribution in [2.24, 2.45) is 0 Å². The molecule has 0 aromatic heterocycles. The Morgan fingerprint density at radius 1 is 1.17 bits per heavy atom. The number of nitrogens with one attached hydrogen (secondary N) is 1. The van der Waals surface area contributed by atoms with Crippen molar-refractivity contribution in [3.05, 3.63) is 64.4 Å². The standard InChI is InChI=1S/C15H15ClFN/c1-10-4-3-5-12(8-10)11(2)18-15-9-13(16)6-7-14(15)17/h3-9,11,18H,1-2H3. The quantitative estimate of drug-likeness (QED) is 0.825. The minimum absolute atomic E-state index is 0.0258. The summed E-state index contributed by atoms with van der Waals surface area (Å²) in [6.07, 6.45) is 0. The Labute approximate surface area is 112 Å². The van der Waals surface area contributed by atoms with Crippen LogP contribution in [0.25, 0.3) is 0 Å². The maximum absolute atomic E-state index is 13.6. The van der Waals surface area contributed by atoms with Crippen LogP contribution in [0.2, 0.25) is 5.02 Å². The van der Waals surface area contributed by atoms with Gasteiger partial charge in [0.05, 0.1) is 5.69 Å². The van der Waals surface area contributed by atoms with Gasteiger partial charge in [0.1, 0.15) is 5.82 Å². The van der Waals surface area contributed by atoms with Crippen molar-refractivity contribution >= 4 is 17.3 Å². The lowest BCUT2D eigenvalue weighted by Gasteiger charge is -2.17. The van der Waals surface area contributed by atoms with Crippen molar-refractivity contribution in [1.29, 1.82) is 0 Å². The Morgan fingerprint density at radius 2 is 1.94 bits per heavy atom. The van der Waals surface area contributed by atoms with Crippen LogP contribution in [0, 0.1) is 12.7 Å². The van der Waals surface area contributed by atoms with Gasteiger partial charge in [-0.05, 0) is 37.6 Å². The molecule has 0 fully saturated rings. The fourth-order valence-corrected chi connectivity index (χ4v) is 2.04. The molecule has 0 aliphatic rings. The minimum atomic E-state index is -0.293. The Bertz CT molecular complexity index is 554. The van der Waals surface area contributed by atoms with E-state index in [0.29, 0.717) is 10.7 Å². The molecule has 0 radical (unpaired) electrons. The molecular weight excluding hydrogens is 249 g/mol. The van der Waals surface area contributed by atoms with Crippen LogP contribution < -0.4 is 5.32 Å². The lowest BCUT2D eigenvalue weighted by molar-refractivity contribution is 0.627. The maximum atomic E-state index is 13.6. The van der Waals surface area contributed by atoms with Gasteiger partial charge in [0.15, 0.2) is 0 Å². The van der Waals surface area contributed by atoms with Crippen LogP contribution in [0.5, 0.6) is 0 Å². The molecular formula is C15H15ClFN. The third kappa shape index (κ3) is 3.02. The third-order valence-corrected chi connectivity index (χ3v) is 3.08. The van der Waals surface area contributed by atoms with E-state index in [4.69, 9.17) is 11.6 Å². The average molecular weight is 264 g/mol. The summed E-state index contributed by atoms with van der Waals surface area (Å²) in [6, 6.07) is 12.7. The van der Waals surface area contributed by atoms with E-state index in [1.54, 1.807) is 12.1 Å². The molecule has 2 rings (SSSR count). The molecule has 1 N–H and O–H groups in total. The van der Waals surface area contributed by atoms with E-state index < -0.39 is 0 Å². The second-order valence-corrected chi connectivity index (χ2v) is 4.84. The summed E-state index contributed by atoms with van der Waals surface area (Å²) < 4.78 is 13.6. The fraction of sp³-hybridized carbons (Fsp3) is 0.200. The van der Waals surface area contributed by atoms with Gasteiger partial charge in [0.25, 0.3) is 0 Å². The molecule has 0 bridgehead atoms. The summed E-state index contributed by atoms with van der Waals surface area (Å²) in [5.74, 6) is -0.293. The SMILES string of the molecule is Cc1cccc(C(C)Nc2cc(Cl)ccc2F)c1. The van der Waals surface area contributed by atoms with Crippen LogP contribution in [-0.2, 0) is 0 Å². The van der Waals surface area contributed by atoms with E-state index in [0.717, 1.165) is 5.56 Å². The Hall–Kier alpha value is -1.54. The molecule has 1 unspecified atom stereocenters. The molecule has 0 aliphatic heterocycles. The highest BCUT2D eigenvalue weighted by molar-refractivity contribution is 6.30. The topological polar surface area (TPSA) is 12.0 Å². The molecule has 0 saturated carbocycles. The fourth-order valence-electron chi connectivity index (χ4n) is 1.86. The second-order valence-electron chi connectivity index (χ2n) is 4.40. The Balaban J connectivity index is 2.21. The third-order valence-electron chi connectivity index (χ3n) is 2.84. The Kier molecular flexibility index (Phi) is 3.87. The summed E-state index contributed by atoms with van der Waals surface area (Å²) in [5.41, 5.74) is 2.73. The van der Waals surface area contributed by atoms with E-state index in [-0.39, 0.29) is 11.9 Å². The molecule has 1 atom stereocenters. The van der Waals surface area contributed by atoms with Crippen molar-refractivity contribution in [3.63, 3.8) is 0 Å². The predicted octanol–water partition coefficient (Wildman–Crippen LogP) is 4.96. The largest absolute Gasteiger partial charge is 0.376 e. The number of anilines is 1. The van der Waals surface area contributed by atoms with E-state index >= 15 is 0 Å².